The summed E-state index contributed by atoms with van der Waals surface area (Å²) in [4.78, 5) is 23.6. The number of amides is 1. The zero-order valence-corrected chi connectivity index (χ0v) is 11.5. The van der Waals surface area contributed by atoms with Gasteiger partial charge >= 0.3 is 5.97 Å². The highest BCUT2D eigenvalue weighted by Gasteiger charge is 2.31. The molecular weight excluding hydrogens is 252 g/mol. The number of hydrogen-bond donors (Lipinski definition) is 3. The summed E-state index contributed by atoms with van der Waals surface area (Å²) in [7, 11) is 0. The summed E-state index contributed by atoms with van der Waals surface area (Å²) in [5.74, 6) is -1.55. The van der Waals surface area contributed by atoms with Crippen LogP contribution in [-0.2, 0) is 9.59 Å². The van der Waals surface area contributed by atoms with Crippen LogP contribution in [0.3, 0.4) is 0 Å². The minimum atomic E-state index is -1.09. The summed E-state index contributed by atoms with van der Waals surface area (Å²) in [5.41, 5.74) is 5.38. The molecule has 6 heteroatoms. The summed E-state index contributed by atoms with van der Waals surface area (Å²) in [6, 6.07) is 1.63. The maximum atomic E-state index is 11.9. The van der Waals surface area contributed by atoms with Crippen LogP contribution >= 0.6 is 11.3 Å². The van der Waals surface area contributed by atoms with Crippen LogP contribution in [0.2, 0.25) is 0 Å². The van der Waals surface area contributed by atoms with Crippen molar-refractivity contribution >= 4 is 23.2 Å². The van der Waals surface area contributed by atoms with Crippen molar-refractivity contribution in [1.29, 1.82) is 0 Å². The van der Waals surface area contributed by atoms with Gasteiger partial charge in [-0.05, 0) is 16.9 Å². The lowest BCUT2D eigenvalue weighted by Crippen LogP contribution is -2.50. The average molecular weight is 270 g/mol. The molecule has 2 unspecified atom stereocenters. The zero-order chi connectivity index (χ0) is 13.9. The number of nitrogens with two attached hydrogens (primary N) is 1. The summed E-state index contributed by atoms with van der Waals surface area (Å²) in [6.45, 7) is 5.49. The third-order valence-corrected chi connectivity index (χ3v) is 3.51. The Labute approximate surface area is 110 Å². The van der Waals surface area contributed by atoms with E-state index in [0.29, 0.717) is 4.88 Å². The second kappa shape index (κ2) is 5.49. The maximum absolute atomic E-state index is 11.9. The fourth-order valence-corrected chi connectivity index (χ4v) is 2.10. The third kappa shape index (κ3) is 3.54. The van der Waals surface area contributed by atoms with E-state index in [1.54, 1.807) is 17.5 Å². The fourth-order valence-electron chi connectivity index (χ4n) is 1.34. The van der Waals surface area contributed by atoms with Gasteiger partial charge in [0.25, 0.3) is 0 Å². The number of nitrogens with one attached hydrogen (secondary N) is 1. The van der Waals surface area contributed by atoms with Crippen LogP contribution in [0, 0.1) is 5.41 Å². The molecule has 0 aliphatic carbocycles. The molecule has 4 N–H and O–H groups in total. The summed E-state index contributed by atoms with van der Waals surface area (Å²) < 4.78 is 0. The maximum Gasteiger partial charge on any atom is 0.331 e. The number of hydrogen-bond acceptors (Lipinski definition) is 4. The van der Waals surface area contributed by atoms with Crippen LogP contribution < -0.4 is 11.1 Å². The van der Waals surface area contributed by atoms with E-state index in [2.05, 4.69) is 5.32 Å². The topological polar surface area (TPSA) is 92.4 Å². The first kappa shape index (κ1) is 14.7. The van der Waals surface area contributed by atoms with Gasteiger partial charge in [-0.3, -0.25) is 4.79 Å². The van der Waals surface area contributed by atoms with Gasteiger partial charge in [-0.25, -0.2) is 4.79 Å². The second-order valence-corrected chi connectivity index (χ2v) is 6.12. The van der Waals surface area contributed by atoms with Crippen molar-refractivity contribution in [3.63, 3.8) is 0 Å². The predicted molar refractivity (Wildman–Crippen MR) is 70.3 cm³/mol. The smallest absolute Gasteiger partial charge is 0.331 e. The zero-order valence-electron chi connectivity index (χ0n) is 10.6. The third-order valence-electron chi connectivity index (χ3n) is 2.58. The molecular formula is C12H18N2O3S. The Balaban J connectivity index is 2.81. The fraction of sp³-hybridized carbons (Fsp3) is 0.500. The molecule has 1 amide bonds. The van der Waals surface area contributed by atoms with Gasteiger partial charge in [0.2, 0.25) is 5.91 Å². The van der Waals surface area contributed by atoms with Crippen molar-refractivity contribution in [3.8, 4) is 0 Å². The molecule has 1 aromatic rings. The van der Waals surface area contributed by atoms with E-state index in [1.165, 1.54) is 11.3 Å². The largest absolute Gasteiger partial charge is 0.479 e. The predicted octanol–water partition coefficient (Wildman–Crippen LogP) is 1.36. The standard InChI is InChI=1S/C12H18N2O3S/c1-12(2,3)9(13)10(15)14-8(11(16)17)7-5-4-6-18-7/h4-6,8-9H,13H2,1-3H3,(H,14,15)(H,16,17). The summed E-state index contributed by atoms with van der Waals surface area (Å²) >= 11 is 1.28. The number of carbonyl (C=O) groups excluding carboxylic acids is 1. The Morgan fingerprint density at radius 1 is 1.44 bits per heavy atom. The molecule has 1 aromatic heterocycles. The molecule has 0 radical (unpaired) electrons. The van der Waals surface area contributed by atoms with Crippen LogP contribution in [0.4, 0.5) is 0 Å². The van der Waals surface area contributed by atoms with Crippen molar-refractivity contribution < 1.29 is 14.7 Å². The summed E-state index contributed by atoms with van der Waals surface area (Å²) in [6.07, 6.45) is 0. The van der Waals surface area contributed by atoms with E-state index in [1.807, 2.05) is 20.8 Å². The summed E-state index contributed by atoms with van der Waals surface area (Å²) in [5, 5.41) is 13.4. The molecule has 2 atom stereocenters. The Hall–Kier alpha value is -1.40. The molecule has 0 spiro atoms. The van der Waals surface area contributed by atoms with E-state index in [9.17, 15) is 9.59 Å². The molecule has 1 heterocycles. The van der Waals surface area contributed by atoms with Gasteiger partial charge in [-0.2, -0.15) is 0 Å². The Kier molecular flexibility index (Phi) is 4.48. The Morgan fingerprint density at radius 2 is 2.06 bits per heavy atom. The van der Waals surface area contributed by atoms with Crippen LogP contribution in [0.15, 0.2) is 17.5 Å². The normalized spacial score (nSPS) is 14.9. The van der Waals surface area contributed by atoms with Gasteiger partial charge in [-0.15, -0.1) is 11.3 Å². The van der Waals surface area contributed by atoms with Gasteiger partial charge in [-0.1, -0.05) is 26.8 Å². The molecule has 5 nitrogen and oxygen atoms in total. The van der Waals surface area contributed by atoms with Crippen LogP contribution in [0.5, 0.6) is 0 Å². The van der Waals surface area contributed by atoms with E-state index in [4.69, 9.17) is 10.8 Å². The lowest BCUT2D eigenvalue weighted by Gasteiger charge is -2.27. The SMILES string of the molecule is CC(C)(C)C(N)C(=O)NC(C(=O)O)c1cccs1. The van der Waals surface area contributed by atoms with Crippen molar-refractivity contribution in [2.45, 2.75) is 32.9 Å². The average Bonchev–Trinajstić information content (AvgIpc) is 2.75. The molecule has 0 saturated heterocycles. The van der Waals surface area contributed by atoms with Crippen LogP contribution in [0.1, 0.15) is 31.7 Å². The van der Waals surface area contributed by atoms with E-state index in [0.717, 1.165) is 0 Å². The Bertz CT molecular complexity index is 423. The molecule has 0 aromatic carbocycles. The van der Waals surface area contributed by atoms with Crippen LogP contribution in [0.25, 0.3) is 0 Å². The van der Waals surface area contributed by atoms with Crippen molar-refractivity contribution in [2.24, 2.45) is 11.1 Å². The molecule has 100 valence electrons. The number of thiophene rings is 1. The van der Waals surface area contributed by atoms with Crippen molar-refractivity contribution in [1.82, 2.24) is 5.32 Å². The minimum absolute atomic E-state index is 0.414. The molecule has 0 bridgehead atoms. The van der Waals surface area contributed by atoms with E-state index >= 15 is 0 Å². The highest BCUT2D eigenvalue weighted by molar-refractivity contribution is 7.10. The van der Waals surface area contributed by atoms with E-state index in [-0.39, 0.29) is 0 Å². The van der Waals surface area contributed by atoms with Gasteiger partial charge in [0.15, 0.2) is 6.04 Å². The van der Waals surface area contributed by atoms with Crippen molar-refractivity contribution in [2.75, 3.05) is 0 Å². The highest BCUT2D eigenvalue weighted by atomic mass is 32.1. The molecule has 0 fully saturated rings. The minimum Gasteiger partial charge on any atom is -0.479 e. The van der Waals surface area contributed by atoms with Gasteiger partial charge in [0, 0.05) is 4.88 Å². The Morgan fingerprint density at radius 3 is 2.44 bits per heavy atom. The number of carbonyl (C=O) groups is 2. The lowest BCUT2D eigenvalue weighted by atomic mass is 9.87. The number of aliphatic carboxylic acids is 1. The van der Waals surface area contributed by atoms with Gasteiger partial charge in [0.05, 0.1) is 6.04 Å². The first-order chi connectivity index (χ1) is 8.23. The van der Waals surface area contributed by atoms with Crippen LogP contribution in [-0.4, -0.2) is 23.0 Å². The van der Waals surface area contributed by atoms with E-state index < -0.39 is 29.4 Å². The molecule has 18 heavy (non-hydrogen) atoms. The second-order valence-electron chi connectivity index (χ2n) is 5.14. The monoisotopic (exact) mass is 270 g/mol. The quantitative estimate of drug-likeness (QED) is 0.770. The molecule has 0 aliphatic rings. The molecule has 1 rings (SSSR count). The molecule has 0 aliphatic heterocycles. The van der Waals surface area contributed by atoms with Gasteiger partial charge in [0.1, 0.15) is 0 Å². The number of rotatable bonds is 4. The van der Waals surface area contributed by atoms with Crippen molar-refractivity contribution in [3.05, 3.63) is 22.4 Å². The molecule has 0 saturated carbocycles. The van der Waals surface area contributed by atoms with Gasteiger partial charge < -0.3 is 16.2 Å². The first-order valence-corrected chi connectivity index (χ1v) is 6.43. The number of carboxylic acids is 1. The highest BCUT2D eigenvalue weighted by Crippen LogP contribution is 2.21. The first-order valence-electron chi connectivity index (χ1n) is 5.55. The number of carboxylic acid groups (broad SMARTS) is 1. The lowest BCUT2D eigenvalue weighted by molar-refractivity contribution is -0.142.